The largest absolute Gasteiger partial charge is 0.507 e. The molecule has 5 aromatic carbocycles. The molecule has 36 heteroatoms. The topological polar surface area (TPSA) is 458 Å². The monoisotopic (exact) mass is 1690 g/mol. The van der Waals surface area contributed by atoms with Crippen LogP contribution in [0.15, 0.2) is 91.0 Å². The van der Waals surface area contributed by atoms with E-state index in [0.29, 0.717) is 30.9 Å². The third-order valence-electron chi connectivity index (χ3n) is 21.8. The number of phenols is 2. The van der Waals surface area contributed by atoms with Crippen molar-refractivity contribution in [3.8, 4) is 29.1 Å². The SMILES string of the molecule is COc1cccc2c1C(=O)c1c(O)c3c(c(O)c1C2=O)C[C@@](O)(C(=O)COC(=O)N(C)CCN(C)C(=O)OCc1ccc(NC(=O)[C@H](CCCNC(N)=O)NC(=O)[C@@H](NC(=O)CCOCCOCCOCCOCCC(=O)NCCC(=O)N2Cc4ccccc4C#Cc4ccccc42)C(C)C)cc1)C[C@@H]3O[C@H]1C[C@H]2[C@H](O[C@@H]3[C@@H](OC)OCCN32)[C@H](C)O1. The number of Topliss-reactive ketones (excluding diaryl/α,β-unsaturated/α-hetero) is 1. The van der Waals surface area contributed by atoms with E-state index in [-0.39, 0.29) is 170 Å². The molecule has 4 aliphatic heterocycles. The molecule has 0 unspecified atom stereocenters. The molecule has 0 radical (unpaired) electrons. The molecule has 10 N–H and O–H groups in total. The first-order valence-electron chi connectivity index (χ1n) is 40.5. The highest BCUT2D eigenvalue weighted by molar-refractivity contribution is 6.31. The van der Waals surface area contributed by atoms with Gasteiger partial charge in [-0.25, -0.2) is 14.4 Å². The fourth-order valence-corrected chi connectivity index (χ4v) is 15.2. The van der Waals surface area contributed by atoms with Crippen molar-refractivity contribution in [1.82, 2.24) is 36.0 Å². The molecule has 11 rings (SSSR count). The summed E-state index contributed by atoms with van der Waals surface area (Å²) in [6.45, 7) is 6.83. The van der Waals surface area contributed by atoms with Crippen LogP contribution in [0.3, 0.4) is 0 Å². The van der Waals surface area contributed by atoms with E-state index in [1.165, 1.54) is 51.4 Å². The van der Waals surface area contributed by atoms with Gasteiger partial charge in [0.05, 0.1) is 108 Å². The van der Waals surface area contributed by atoms with Gasteiger partial charge in [-0.15, -0.1) is 0 Å². The molecule has 0 bridgehead atoms. The Morgan fingerprint density at radius 2 is 1.35 bits per heavy atom. The Kier molecular flexibility index (Phi) is 32.3. The highest BCUT2D eigenvalue weighted by Gasteiger charge is 2.56. The van der Waals surface area contributed by atoms with E-state index in [9.17, 15) is 68.1 Å². The zero-order chi connectivity index (χ0) is 87.3. The first kappa shape index (κ1) is 91.5. The van der Waals surface area contributed by atoms with E-state index < -0.39 is 156 Å². The summed E-state index contributed by atoms with van der Waals surface area (Å²) < 4.78 is 69.3. The van der Waals surface area contributed by atoms with Crippen LogP contribution in [0.2, 0.25) is 0 Å². The second-order valence-electron chi connectivity index (χ2n) is 30.5. The number of hydrogen-bond acceptors (Lipinski definition) is 27. The van der Waals surface area contributed by atoms with Crippen molar-refractivity contribution in [3.05, 3.63) is 147 Å². The lowest BCUT2D eigenvalue weighted by Crippen LogP contribution is -2.55. The van der Waals surface area contributed by atoms with Gasteiger partial charge in [0.1, 0.15) is 47.6 Å². The van der Waals surface area contributed by atoms with E-state index in [2.05, 4.69) is 43.3 Å². The lowest BCUT2D eigenvalue weighted by atomic mass is 9.72. The van der Waals surface area contributed by atoms with E-state index in [1.54, 1.807) is 49.9 Å². The fourth-order valence-electron chi connectivity index (χ4n) is 15.2. The predicted octanol–water partition coefficient (Wildman–Crippen LogP) is 4.37. The maximum atomic E-state index is 14.4. The number of nitrogens with zero attached hydrogens (tertiary/aromatic N) is 4. The minimum atomic E-state index is -2.50. The van der Waals surface area contributed by atoms with Crippen molar-refractivity contribution in [3.63, 3.8) is 0 Å². The molecule has 0 saturated carbocycles. The van der Waals surface area contributed by atoms with Crippen molar-refractivity contribution in [2.24, 2.45) is 11.7 Å². The molecular formula is C86H106N10O26. The summed E-state index contributed by atoms with van der Waals surface area (Å²) in [5.74, 6) is -0.348. The zero-order valence-electron chi connectivity index (χ0n) is 69.2. The number of amides is 9. The van der Waals surface area contributed by atoms with Gasteiger partial charge in [-0.05, 0) is 73.2 Å². The van der Waals surface area contributed by atoms with E-state index in [4.69, 9.17) is 62.6 Å². The van der Waals surface area contributed by atoms with Gasteiger partial charge in [0.2, 0.25) is 41.1 Å². The number of likely N-dealkylation sites (N-methyl/N-ethyl adjacent to an activating group) is 2. The molecule has 3 fully saturated rings. The number of anilines is 2. The summed E-state index contributed by atoms with van der Waals surface area (Å²) >= 11 is 0. The molecule has 36 nitrogen and oxygen atoms in total. The van der Waals surface area contributed by atoms with Crippen molar-refractivity contribution in [2.45, 2.75) is 146 Å². The second-order valence-corrected chi connectivity index (χ2v) is 30.5. The van der Waals surface area contributed by atoms with Crippen LogP contribution in [0.5, 0.6) is 17.2 Å². The van der Waals surface area contributed by atoms with Crippen LogP contribution >= 0.6 is 0 Å². The summed E-state index contributed by atoms with van der Waals surface area (Å²) in [5, 5.41) is 50.3. The van der Waals surface area contributed by atoms with Crippen molar-refractivity contribution in [1.29, 1.82) is 0 Å². The molecule has 656 valence electrons. The number of phenolic OH excluding ortho intramolecular Hbond substituents is 2. The average Bonchev–Trinajstić information content (AvgIpc) is 0.905. The maximum absolute atomic E-state index is 14.4. The number of carbonyl (C=O) groups excluding carboxylic acids is 11. The number of ketones is 3. The number of nitrogens with two attached hydrogens (primary N) is 1. The average molecular weight is 1700 g/mol. The van der Waals surface area contributed by atoms with Crippen LogP contribution < -0.4 is 42.0 Å². The summed E-state index contributed by atoms with van der Waals surface area (Å²) in [7, 11) is 5.57. The predicted molar refractivity (Wildman–Crippen MR) is 434 cm³/mol. The Morgan fingerprint density at radius 1 is 0.705 bits per heavy atom. The van der Waals surface area contributed by atoms with Gasteiger partial charge in [-0.1, -0.05) is 80.3 Å². The Hall–Kier alpha value is -11.2. The number of ether oxygens (including phenoxy) is 12. The number of primary amides is 1. The normalized spacial score (nSPS) is 20.3. The van der Waals surface area contributed by atoms with Crippen LogP contribution in [-0.2, 0) is 100 Å². The van der Waals surface area contributed by atoms with Crippen LogP contribution in [-0.4, -0.2) is 277 Å². The van der Waals surface area contributed by atoms with E-state index >= 15 is 0 Å². The number of fused-ring (bicyclic) bond motifs is 8. The molecule has 5 aromatic rings. The molecule has 122 heavy (non-hydrogen) atoms. The number of rotatable bonds is 40. The van der Waals surface area contributed by atoms with Gasteiger partial charge in [0.15, 0.2) is 31.2 Å². The van der Waals surface area contributed by atoms with Crippen molar-refractivity contribution in [2.75, 3.05) is 137 Å². The molecule has 3 saturated heterocycles. The number of urea groups is 1. The molecular weight excluding hydrogens is 1590 g/mol. The Morgan fingerprint density at radius 3 is 2.03 bits per heavy atom. The number of benzene rings is 5. The quantitative estimate of drug-likeness (QED) is 0.0146. The van der Waals surface area contributed by atoms with E-state index in [1.807, 2.05) is 48.5 Å². The molecule has 9 amide bonds. The molecule has 4 heterocycles. The number of carbonyl (C=O) groups is 11. The Labute approximate surface area is 705 Å². The number of methoxy groups -OCH3 is 2. The number of morpholine rings is 1. The second kappa shape index (κ2) is 43.0. The molecule has 2 aliphatic carbocycles. The number of para-hydroxylation sites is 1. The van der Waals surface area contributed by atoms with Crippen molar-refractivity contribution < 1.29 is 125 Å². The number of aromatic hydroxyl groups is 2. The lowest BCUT2D eigenvalue weighted by molar-refractivity contribution is -0.256. The summed E-state index contributed by atoms with van der Waals surface area (Å²) in [5.41, 5.74) is 5.05. The Balaban J connectivity index is 0.573. The van der Waals surface area contributed by atoms with Gasteiger partial charge < -0.3 is 119 Å². The van der Waals surface area contributed by atoms with Gasteiger partial charge in [0.25, 0.3) is 0 Å². The minimum Gasteiger partial charge on any atom is -0.507 e. The summed E-state index contributed by atoms with van der Waals surface area (Å²) in [4.78, 5) is 154. The number of nitrogens with one attached hydrogen (secondary N) is 5. The van der Waals surface area contributed by atoms with Gasteiger partial charge >= 0.3 is 18.2 Å². The molecule has 6 aliphatic rings. The van der Waals surface area contributed by atoms with Gasteiger partial charge in [-0.2, -0.15) is 0 Å². The smallest absolute Gasteiger partial charge is 0.409 e. The first-order valence-corrected chi connectivity index (χ1v) is 40.5. The third-order valence-corrected chi connectivity index (χ3v) is 21.8. The number of hydrogen-bond donors (Lipinski definition) is 9. The van der Waals surface area contributed by atoms with Gasteiger partial charge in [0, 0.05) is 132 Å². The van der Waals surface area contributed by atoms with Crippen LogP contribution in [0.1, 0.15) is 137 Å². The first-order chi connectivity index (χ1) is 58.7. The van der Waals surface area contributed by atoms with Crippen LogP contribution in [0, 0.1) is 17.8 Å². The summed E-state index contributed by atoms with van der Waals surface area (Å²) in [6.07, 6.45) is -7.49. The highest BCUT2D eigenvalue weighted by Crippen LogP contribution is 2.53. The molecule has 0 aromatic heterocycles. The minimum absolute atomic E-state index is 0.0185. The third kappa shape index (κ3) is 22.9. The Bertz CT molecular complexity index is 4690. The standard InChI is InChI=1S/C86H106N10O26/c1-50(2)73(92-66(99)29-36-114-39-41-116-43-42-115-40-38-113-35-28-65(98)88-31-27-67(100)96-47-55-16-9-8-14-53(55)23-24-54-15-10-11-19-60(54)96)80(106)91-59(18-13-30-89-83(87)107)79(105)90-56-25-21-52(22-26-56)48-118-84(108)93(4)32-33-94(5)85(109)119-49-64(97)86(110)45-58-70(77(104)72-71(75(58)102)74(101)57-17-12-20-62(111-6)69(57)76(72)103)63(46-86)121-68-44-61-78(51(3)120-68)122-81-82(112-7)117-37-34-95(61)81/h8-12,14-17,19-22,25-26,50-51,59,61,63,68,73,78,81-82,102,104,110H,13,18,27-49H2,1-7H3,(H,88,98)(H,90,105)(H,91,106)(H,92,99)(H3,87,89,107)/t51-,59-,61-,63-,68-,73-,78+,81+,82-,86-/m0/s1. The highest BCUT2D eigenvalue weighted by atomic mass is 16.7. The van der Waals surface area contributed by atoms with Crippen molar-refractivity contribution >= 4 is 76.5 Å². The molecule has 10 atom stereocenters. The molecule has 0 spiro atoms. The number of aliphatic hydroxyl groups is 1. The summed E-state index contributed by atoms with van der Waals surface area (Å²) in [6, 6.07) is 22.5. The zero-order valence-corrected chi connectivity index (χ0v) is 69.2. The van der Waals surface area contributed by atoms with Gasteiger partial charge in [-0.3, -0.25) is 43.3 Å². The van der Waals surface area contributed by atoms with Crippen LogP contribution in [0.4, 0.5) is 25.8 Å². The lowest BCUT2D eigenvalue weighted by Gasteiger charge is -2.43. The van der Waals surface area contributed by atoms with Crippen LogP contribution in [0.25, 0.3) is 0 Å². The maximum Gasteiger partial charge on any atom is 0.409 e. The van der Waals surface area contributed by atoms with E-state index in [0.717, 1.165) is 27.3 Å². The fraction of sp³-hybridized carbons (Fsp3) is 0.500.